The van der Waals surface area contributed by atoms with Gasteiger partial charge in [0.2, 0.25) is 11.8 Å². The Balaban J connectivity index is 2.07. The van der Waals surface area contributed by atoms with Crippen molar-refractivity contribution in [3.05, 3.63) is 35.4 Å². The summed E-state index contributed by atoms with van der Waals surface area (Å²) in [6.45, 7) is 0.0769. The van der Waals surface area contributed by atoms with Gasteiger partial charge >= 0.3 is 0 Å². The molecule has 1 fully saturated rings. The van der Waals surface area contributed by atoms with Crippen molar-refractivity contribution >= 4 is 11.8 Å². The molecule has 2 rings (SSSR count). The highest BCUT2D eigenvalue weighted by molar-refractivity contribution is 5.82. The Morgan fingerprint density at radius 1 is 1.45 bits per heavy atom. The zero-order valence-corrected chi connectivity index (χ0v) is 11.9. The second-order valence-corrected chi connectivity index (χ2v) is 5.11. The van der Waals surface area contributed by atoms with E-state index in [9.17, 15) is 18.4 Å². The molecule has 0 bridgehead atoms. The lowest BCUT2D eigenvalue weighted by Gasteiger charge is -2.24. The average Bonchev–Trinajstić information content (AvgIpc) is 2.82. The molecule has 0 saturated carbocycles. The summed E-state index contributed by atoms with van der Waals surface area (Å²) in [6.07, 6.45) is 5.97. The van der Waals surface area contributed by atoms with Crippen molar-refractivity contribution in [1.82, 2.24) is 10.2 Å². The molecule has 6 heteroatoms. The zero-order chi connectivity index (χ0) is 16.1. The highest BCUT2D eigenvalue weighted by Crippen LogP contribution is 2.25. The van der Waals surface area contributed by atoms with E-state index < -0.39 is 11.6 Å². The average molecular weight is 306 g/mol. The van der Waals surface area contributed by atoms with Gasteiger partial charge in [-0.25, -0.2) is 8.78 Å². The minimum Gasteiger partial charge on any atom is -0.345 e. The van der Waals surface area contributed by atoms with E-state index in [1.54, 1.807) is 0 Å². The van der Waals surface area contributed by atoms with Gasteiger partial charge in [0, 0.05) is 31.0 Å². The number of likely N-dealkylation sites (tertiary alicyclic amines) is 1. The van der Waals surface area contributed by atoms with Crippen molar-refractivity contribution in [2.45, 2.75) is 31.8 Å². The smallest absolute Gasteiger partial charge is 0.223 e. The maximum atomic E-state index is 13.7. The second kappa shape index (κ2) is 7.03. The molecule has 4 nitrogen and oxygen atoms in total. The summed E-state index contributed by atoms with van der Waals surface area (Å²) in [7, 11) is 0. The predicted octanol–water partition coefficient (Wildman–Crippen LogP) is 1.60. The molecule has 1 N–H and O–H groups in total. The van der Waals surface area contributed by atoms with E-state index in [0.29, 0.717) is 12.8 Å². The van der Waals surface area contributed by atoms with Crippen LogP contribution in [0, 0.1) is 24.0 Å². The van der Waals surface area contributed by atoms with E-state index in [2.05, 4.69) is 11.2 Å². The Morgan fingerprint density at radius 2 is 2.23 bits per heavy atom. The third-order valence-corrected chi connectivity index (χ3v) is 3.63. The lowest BCUT2D eigenvalue weighted by Crippen LogP contribution is -2.37. The van der Waals surface area contributed by atoms with Crippen LogP contribution in [0.25, 0.3) is 0 Å². The van der Waals surface area contributed by atoms with Gasteiger partial charge in [-0.05, 0) is 12.5 Å². The maximum absolute atomic E-state index is 13.7. The standard InChI is InChI=1S/C16H16F2N2O2/c1-2-8-19-14(21)9-12-6-7-15(22)20(12)10-11-4-3-5-13(17)16(11)18/h1,3-5,12H,6-10H2,(H,19,21). The van der Waals surface area contributed by atoms with Crippen LogP contribution in [0.2, 0.25) is 0 Å². The van der Waals surface area contributed by atoms with Crippen LogP contribution in [-0.2, 0) is 16.1 Å². The molecule has 1 unspecified atom stereocenters. The quantitative estimate of drug-likeness (QED) is 0.840. The topological polar surface area (TPSA) is 49.4 Å². The molecule has 116 valence electrons. The third kappa shape index (κ3) is 3.61. The largest absolute Gasteiger partial charge is 0.345 e. The van der Waals surface area contributed by atoms with E-state index in [-0.39, 0.29) is 42.9 Å². The maximum Gasteiger partial charge on any atom is 0.223 e. The third-order valence-electron chi connectivity index (χ3n) is 3.63. The fourth-order valence-corrected chi connectivity index (χ4v) is 2.51. The first-order valence-corrected chi connectivity index (χ1v) is 6.95. The fourth-order valence-electron chi connectivity index (χ4n) is 2.51. The van der Waals surface area contributed by atoms with Gasteiger partial charge in [-0.1, -0.05) is 18.1 Å². The van der Waals surface area contributed by atoms with Crippen LogP contribution >= 0.6 is 0 Å². The van der Waals surface area contributed by atoms with Crippen LogP contribution in [0.3, 0.4) is 0 Å². The van der Waals surface area contributed by atoms with Crippen LogP contribution in [0.5, 0.6) is 0 Å². The minimum absolute atomic E-state index is 0.0461. The Bertz CT molecular complexity index is 625. The Kier molecular flexibility index (Phi) is 5.10. The molecule has 1 saturated heterocycles. The number of nitrogens with one attached hydrogen (secondary N) is 1. The van der Waals surface area contributed by atoms with Gasteiger partial charge < -0.3 is 10.2 Å². The monoisotopic (exact) mass is 306 g/mol. The first-order chi connectivity index (χ1) is 10.5. The SMILES string of the molecule is C#CCNC(=O)CC1CCC(=O)N1Cc1cccc(F)c1F. The van der Waals surface area contributed by atoms with E-state index in [4.69, 9.17) is 6.42 Å². The summed E-state index contributed by atoms with van der Waals surface area (Å²) >= 11 is 0. The van der Waals surface area contributed by atoms with E-state index in [1.807, 2.05) is 0 Å². The summed E-state index contributed by atoms with van der Waals surface area (Å²) in [6, 6.07) is 3.52. The highest BCUT2D eigenvalue weighted by Gasteiger charge is 2.32. The van der Waals surface area contributed by atoms with Gasteiger partial charge in [0.1, 0.15) is 0 Å². The summed E-state index contributed by atoms with van der Waals surface area (Å²) in [5.41, 5.74) is 0.101. The lowest BCUT2D eigenvalue weighted by molar-refractivity contribution is -0.130. The van der Waals surface area contributed by atoms with E-state index >= 15 is 0 Å². The van der Waals surface area contributed by atoms with Crippen molar-refractivity contribution in [1.29, 1.82) is 0 Å². The predicted molar refractivity (Wildman–Crippen MR) is 76.4 cm³/mol. The summed E-state index contributed by atoms with van der Waals surface area (Å²) < 4.78 is 27.0. The number of carbonyl (C=O) groups is 2. The normalized spacial score (nSPS) is 17.4. The molecular weight excluding hydrogens is 290 g/mol. The van der Waals surface area contributed by atoms with Gasteiger partial charge in [-0.15, -0.1) is 6.42 Å². The molecule has 1 aromatic rings. The molecule has 1 aliphatic heterocycles. The molecule has 2 amide bonds. The molecule has 1 heterocycles. The zero-order valence-electron chi connectivity index (χ0n) is 11.9. The summed E-state index contributed by atoms with van der Waals surface area (Å²) in [4.78, 5) is 25.1. The lowest BCUT2D eigenvalue weighted by atomic mass is 10.1. The van der Waals surface area contributed by atoms with E-state index in [0.717, 1.165) is 6.07 Å². The number of terminal acetylenes is 1. The van der Waals surface area contributed by atoms with Crippen LogP contribution in [0.1, 0.15) is 24.8 Å². The molecular formula is C16H16F2N2O2. The minimum atomic E-state index is -0.960. The molecule has 0 radical (unpaired) electrons. The number of halogens is 2. The molecule has 0 spiro atoms. The van der Waals surface area contributed by atoms with Gasteiger partial charge in [0.05, 0.1) is 6.54 Å². The number of hydrogen-bond acceptors (Lipinski definition) is 2. The van der Waals surface area contributed by atoms with Crippen LogP contribution in [0.4, 0.5) is 8.78 Å². The second-order valence-electron chi connectivity index (χ2n) is 5.11. The Morgan fingerprint density at radius 3 is 2.95 bits per heavy atom. The van der Waals surface area contributed by atoms with Crippen molar-refractivity contribution in [2.75, 3.05) is 6.54 Å². The molecule has 1 aliphatic rings. The molecule has 1 aromatic carbocycles. The number of amides is 2. The number of carbonyl (C=O) groups excluding carboxylic acids is 2. The van der Waals surface area contributed by atoms with Crippen LogP contribution in [-0.4, -0.2) is 29.3 Å². The first kappa shape index (κ1) is 16.0. The fraction of sp³-hybridized carbons (Fsp3) is 0.375. The Labute approximate surface area is 127 Å². The molecule has 22 heavy (non-hydrogen) atoms. The van der Waals surface area contributed by atoms with Crippen molar-refractivity contribution in [2.24, 2.45) is 0 Å². The van der Waals surface area contributed by atoms with E-state index in [1.165, 1.54) is 17.0 Å². The van der Waals surface area contributed by atoms with Gasteiger partial charge in [-0.2, -0.15) is 0 Å². The van der Waals surface area contributed by atoms with Gasteiger partial charge in [0.15, 0.2) is 11.6 Å². The van der Waals surface area contributed by atoms with Crippen LogP contribution < -0.4 is 5.32 Å². The molecule has 1 atom stereocenters. The van der Waals surface area contributed by atoms with Gasteiger partial charge in [-0.3, -0.25) is 9.59 Å². The first-order valence-electron chi connectivity index (χ1n) is 6.95. The van der Waals surface area contributed by atoms with Crippen molar-refractivity contribution in [3.8, 4) is 12.3 Å². The number of benzene rings is 1. The van der Waals surface area contributed by atoms with Gasteiger partial charge in [0.25, 0.3) is 0 Å². The molecule has 0 aliphatic carbocycles. The van der Waals surface area contributed by atoms with Crippen LogP contribution in [0.15, 0.2) is 18.2 Å². The van der Waals surface area contributed by atoms with Crippen molar-refractivity contribution < 1.29 is 18.4 Å². The summed E-state index contributed by atoms with van der Waals surface area (Å²) in [5, 5.41) is 2.53. The number of nitrogens with zero attached hydrogens (tertiary/aromatic N) is 1. The number of hydrogen-bond donors (Lipinski definition) is 1. The Hall–Kier alpha value is -2.42. The number of rotatable bonds is 5. The summed E-state index contributed by atoms with van der Waals surface area (Å²) in [5.74, 6) is -0.0484. The highest BCUT2D eigenvalue weighted by atomic mass is 19.2. The van der Waals surface area contributed by atoms with Crippen molar-refractivity contribution in [3.63, 3.8) is 0 Å². The molecule has 0 aromatic heterocycles.